The Labute approximate surface area is 167 Å². The summed E-state index contributed by atoms with van der Waals surface area (Å²) in [6, 6.07) is 8.64. The smallest absolute Gasteiger partial charge is 0.137 e. The van der Waals surface area contributed by atoms with Gasteiger partial charge in [0.15, 0.2) is 0 Å². The van der Waals surface area contributed by atoms with E-state index in [4.69, 9.17) is 4.42 Å². The Bertz CT molecular complexity index is 1090. The molecule has 2 aliphatic rings. The molecule has 0 radical (unpaired) electrons. The molecule has 0 aromatic heterocycles. The van der Waals surface area contributed by atoms with Crippen LogP contribution in [-0.2, 0) is 0 Å². The fourth-order valence-corrected chi connectivity index (χ4v) is 3.78. The Hall–Kier alpha value is -2.81. The summed E-state index contributed by atoms with van der Waals surface area (Å²) in [5, 5.41) is 5.57. The summed E-state index contributed by atoms with van der Waals surface area (Å²) >= 11 is 0. The summed E-state index contributed by atoms with van der Waals surface area (Å²) in [7, 11) is 0. The number of fused-ring (bicyclic) bond motifs is 2. The maximum absolute atomic E-state index is 6.39. The highest BCUT2D eigenvalue weighted by atomic mass is 16.3. The van der Waals surface area contributed by atoms with Gasteiger partial charge in [-0.15, -0.1) is 0 Å². The maximum atomic E-state index is 6.39. The van der Waals surface area contributed by atoms with Crippen LogP contribution in [0.4, 0.5) is 5.69 Å². The average molecular weight is 375 g/mol. The van der Waals surface area contributed by atoms with E-state index in [0.717, 1.165) is 52.8 Å². The first kappa shape index (κ1) is 19.9. The Morgan fingerprint density at radius 1 is 1.11 bits per heavy atom. The molecule has 28 heavy (non-hydrogen) atoms. The van der Waals surface area contributed by atoms with Gasteiger partial charge in [0.25, 0.3) is 0 Å². The lowest BCUT2D eigenvalue weighted by Gasteiger charge is -2.19. The Morgan fingerprint density at radius 3 is 2.54 bits per heavy atom. The third kappa shape index (κ3) is 3.62. The molecule has 0 unspecified atom stereocenters. The van der Waals surface area contributed by atoms with Crippen LogP contribution < -0.4 is 10.7 Å². The van der Waals surface area contributed by atoms with Gasteiger partial charge in [0.2, 0.25) is 0 Å². The van der Waals surface area contributed by atoms with E-state index in [0.29, 0.717) is 0 Å². The molecule has 3 heteroatoms. The van der Waals surface area contributed by atoms with Crippen LogP contribution in [-0.4, -0.2) is 13.1 Å². The highest BCUT2D eigenvalue weighted by Crippen LogP contribution is 2.40. The molecule has 1 heterocycles. The third-order valence-electron chi connectivity index (χ3n) is 5.10. The lowest BCUT2D eigenvalue weighted by atomic mass is 9.90. The average Bonchev–Trinajstić information content (AvgIpc) is 2.67. The second-order valence-corrected chi connectivity index (χ2v) is 7.06. The van der Waals surface area contributed by atoms with Crippen molar-refractivity contribution in [1.29, 1.82) is 0 Å². The van der Waals surface area contributed by atoms with Gasteiger partial charge in [0.1, 0.15) is 11.3 Å². The second-order valence-electron chi connectivity index (χ2n) is 7.06. The monoisotopic (exact) mass is 374 g/mol. The fraction of sp³-hybridized carbons (Fsp3) is 0.320. The van der Waals surface area contributed by atoms with Crippen molar-refractivity contribution in [2.24, 2.45) is 4.99 Å². The molecule has 146 valence electrons. The topological polar surface area (TPSA) is 37.5 Å². The molecule has 0 atom stereocenters. The number of hydrogen-bond acceptors (Lipinski definition) is 3. The molecule has 0 saturated carbocycles. The predicted octanol–water partition coefficient (Wildman–Crippen LogP) is 6.49. The number of rotatable bonds is 6. The molecule has 1 N–H and O–H groups in total. The van der Waals surface area contributed by atoms with Gasteiger partial charge in [-0.05, 0) is 68.5 Å². The number of allylic oxidation sites excluding steroid dienone is 3. The first-order valence-corrected chi connectivity index (χ1v) is 10.1. The summed E-state index contributed by atoms with van der Waals surface area (Å²) in [5.41, 5.74) is 8.01. The molecule has 1 aliphatic heterocycles. The van der Waals surface area contributed by atoms with Crippen LogP contribution in [0.3, 0.4) is 0 Å². The first-order valence-electron chi connectivity index (χ1n) is 10.1. The van der Waals surface area contributed by atoms with Gasteiger partial charge in [0.05, 0.1) is 5.36 Å². The van der Waals surface area contributed by atoms with Crippen molar-refractivity contribution in [3.05, 3.63) is 65.0 Å². The van der Waals surface area contributed by atoms with E-state index in [2.05, 4.69) is 81.8 Å². The van der Waals surface area contributed by atoms with E-state index in [-0.39, 0.29) is 0 Å². The molecule has 0 bridgehead atoms. The molecule has 0 fully saturated rings. The zero-order valence-corrected chi connectivity index (χ0v) is 17.6. The van der Waals surface area contributed by atoms with Gasteiger partial charge < -0.3 is 9.73 Å². The van der Waals surface area contributed by atoms with Crippen LogP contribution in [0.1, 0.15) is 43.9 Å². The molecule has 1 aromatic rings. The maximum Gasteiger partial charge on any atom is 0.137 e. The van der Waals surface area contributed by atoms with E-state index in [9.17, 15) is 0 Å². The molecule has 3 rings (SSSR count). The molecule has 1 aromatic carbocycles. The number of benzene rings is 2. The molecule has 0 saturated heterocycles. The van der Waals surface area contributed by atoms with Crippen molar-refractivity contribution in [2.75, 3.05) is 18.4 Å². The molecule has 3 nitrogen and oxygen atoms in total. The minimum atomic E-state index is 0.757. The van der Waals surface area contributed by atoms with E-state index >= 15 is 0 Å². The van der Waals surface area contributed by atoms with Gasteiger partial charge in [-0.2, -0.15) is 0 Å². The Kier molecular flexibility index (Phi) is 6.03. The number of nitrogens with one attached hydrogen (secondary N) is 1. The molecular formula is C25H30N2O. The summed E-state index contributed by atoms with van der Waals surface area (Å²) in [4.78, 5) is 4.63. The van der Waals surface area contributed by atoms with Crippen molar-refractivity contribution < 1.29 is 4.42 Å². The Balaban J connectivity index is 2.50. The van der Waals surface area contributed by atoms with Crippen molar-refractivity contribution in [2.45, 2.75) is 41.0 Å². The van der Waals surface area contributed by atoms with Gasteiger partial charge in [0, 0.05) is 41.9 Å². The van der Waals surface area contributed by atoms with Crippen LogP contribution in [0.2, 0.25) is 0 Å². The largest absolute Gasteiger partial charge is 0.456 e. The molecule has 1 aliphatic carbocycles. The van der Waals surface area contributed by atoms with Crippen LogP contribution in [0.15, 0.2) is 52.4 Å². The lowest BCUT2D eigenvalue weighted by Crippen LogP contribution is -2.09. The third-order valence-corrected chi connectivity index (χ3v) is 5.10. The highest BCUT2D eigenvalue weighted by molar-refractivity contribution is 6.00. The second kappa shape index (κ2) is 8.47. The molecule has 0 spiro atoms. The van der Waals surface area contributed by atoms with Gasteiger partial charge in [-0.1, -0.05) is 25.7 Å². The number of nitrogens with zero attached hydrogens (tertiary/aromatic N) is 1. The van der Waals surface area contributed by atoms with Gasteiger partial charge >= 0.3 is 0 Å². The molecular weight excluding hydrogens is 344 g/mol. The van der Waals surface area contributed by atoms with Gasteiger partial charge in [-0.25, -0.2) is 0 Å². The summed E-state index contributed by atoms with van der Waals surface area (Å²) in [5.74, 6) is 0.870. The van der Waals surface area contributed by atoms with Crippen molar-refractivity contribution >= 4 is 22.2 Å². The summed E-state index contributed by atoms with van der Waals surface area (Å²) in [6.07, 6.45) is 4.91. The highest BCUT2D eigenvalue weighted by Gasteiger charge is 2.19. The number of anilines is 1. The lowest BCUT2D eigenvalue weighted by molar-refractivity contribution is 0.617. The Morgan fingerprint density at radius 2 is 1.89 bits per heavy atom. The van der Waals surface area contributed by atoms with Crippen LogP contribution >= 0.6 is 0 Å². The first-order chi connectivity index (χ1) is 13.5. The van der Waals surface area contributed by atoms with E-state index in [1.807, 2.05) is 6.08 Å². The van der Waals surface area contributed by atoms with E-state index in [1.165, 1.54) is 22.3 Å². The SMILES string of the molecule is C=C/C=C(\CC)c1c2cc(C)c(=NCC)cc-2oc2cc(NCC)c(C)cc12. The predicted molar refractivity (Wildman–Crippen MR) is 121 cm³/mol. The normalized spacial score (nSPS) is 12.8. The van der Waals surface area contributed by atoms with Crippen LogP contribution in [0, 0.1) is 13.8 Å². The number of aryl methyl sites for hydroxylation is 2. The minimum Gasteiger partial charge on any atom is -0.456 e. The van der Waals surface area contributed by atoms with E-state index in [1.54, 1.807) is 0 Å². The quantitative estimate of drug-likeness (QED) is 0.396. The van der Waals surface area contributed by atoms with E-state index < -0.39 is 0 Å². The van der Waals surface area contributed by atoms with Crippen LogP contribution in [0.25, 0.3) is 27.9 Å². The summed E-state index contributed by atoms with van der Waals surface area (Å²) < 4.78 is 6.39. The van der Waals surface area contributed by atoms with Crippen molar-refractivity contribution in [1.82, 2.24) is 0 Å². The molecule has 0 amide bonds. The minimum absolute atomic E-state index is 0.757. The standard InChI is InChI=1S/C25H30N2O/c1-7-11-18(8-2)25-19-12-16(5)21(26-9-3)14-23(19)28-24-15-22(27-10-4)17(6)13-20(24)25/h7,11-15,26H,1,8-10H2,2-6H3/b18-11+,27-22?. The fourth-order valence-electron chi connectivity index (χ4n) is 3.78. The zero-order chi connectivity index (χ0) is 20.3. The van der Waals surface area contributed by atoms with Crippen LogP contribution in [0.5, 0.6) is 0 Å². The van der Waals surface area contributed by atoms with Gasteiger partial charge in [-0.3, -0.25) is 4.99 Å². The van der Waals surface area contributed by atoms with Crippen molar-refractivity contribution in [3.8, 4) is 11.3 Å². The summed E-state index contributed by atoms with van der Waals surface area (Å²) in [6.45, 7) is 16.2. The number of hydrogen-bond donors (Lipinski definition) is 1. The van der Waals surface area contributed by atoms with Crippen molar-refractivity contribution in [3.63, 3.8) is 0 Å². The zero-order valence-electron chi connectivity index (χ0n) is 17.6.